The Morgan fingerprint density at radius 3 is 2.69 bits per heavy atom. The van der Waals surface area contributed by atoms with E-state index in [1.807, 2.05) is 0 Å². The van der Waals surface area contributed by atoms with E-state index in [2.05, 4.69) is 14.1 Å². The SMILES string of the molecule is O=C(NC1CCOC2(CCS(=O)(=NS(=O)(=O)c3cccnc3F)CC2)C1)C1CC1. The molecule has 1 atom stereocenters. The van der Waals surface area contributed by atoms with E-state index < -0.39 is 36.2 Å². The van der Waals surface area contributed by atoms with Gasteiger partial charge in [0.2, 0.25) is 11.9 Å². The van der Waals surface area contributed by atoms with Crippen molar-refractivity contribution >= 4 is 25.7 Å². The highest BCUT2D eigenvalue weighted by atomic mass is 32.3. The topological polar surface area (TPSA) is 115 Å². The number of hydrogen-bond acceptors (Lipinski definition) is 6. The summed E-state index contributed by atoms with van der Waals surface area (Å²) in [6.07, 6.45) is 5.13. The van der Waals surface area contributed by atoms with Gasteiger partial charge >= 0.3 is 0 Å². The van der Waals surface area contributed by atoms with Crippen LogP contribution in [0.25, 0.3) is 0 Å². The number of rotatable bonds is 4. The van der Waals surface area contributed by atoms with Crippen molar-refractivity contribution in [2.45, 2.75) is 55.1 Å². The number of pyridine rings is 1. The van der Waals surface area contributed by atoms with Crippen LogP contribution in [0.3, 0.4) is 0 Å². The minimum atomic E-state index is -4.41. The van der Waals surface area contributed by atoms with Crippen molar-refractivity contribution in [3.05, 3.63) is 24.3 Å². The van der Waals surface area contributed by atoms with Crippen LogP contribution in [0.4, 0.5) is 4.39 Å². The van der Waals surface area contributed by atoms with E-state index in [4.69, 9.17) is 4.74 Å². The van der Waals surface area contributed by atoms with E-state index in [1.165, 1.54) is 6.07 Å². The van der Waals surface area contributed by atoms with Crippen molar-refractivity contribution in [1.82, 2.24) is 10.3 Å². The Labute approximate surface area is 169 Å². The Bertz CT molecular complexity index is 1020. The smallest absolute Gasteiger partial charge is 0.294 e. The lowest BCUT2D eigenvalue weighted by Crippen LogP contribution is -2.52. The molecular weight excluding hydrogens is 421 g/mol. The van der Waals surface area contributed by atoms with Gasteiger partial charge in [-0.2, -0.15) is 12.8 Å². The molecule has 1 N–H and O–H groups in total. The van der Waals surface area contributed by atoms with Gasteiger partial charge in [0.15, 0.2) is 0 Å². The van der Waals surface area contributed by atoms with Crippen LogP contribution in [0.1, 0.15) is 38.5 Å². The Kier molecular flexibility index (Phi) is 5.41. The van der Waals surface area contributed by atoms with Crippen molar-refractivity contribution in [1.29, 1.82) is 0 Å². The normalized spacial score (nSPS) is 32.7. The fourth-order valence-corrected chi connectivity index (χ4v) is 8.39. The van der Waals surface area contributed by atoms with Gasteiger partial charge in [0.05, 0.1) is 15.3 Å². The zero-order chi connectivity index (χ0) is 20.7. The zero-order valence-corrected chi connectivity index (χ0v) is 17.5. The molecule has 1 unspecified atom stereocenters. The molecule has 1 spiro atoms. The first kappa shape index (κ1) is 20.7. The van der Waals surface area contributed by atoms with Crippen LogP contribution in [0, 0.1) is 11.9 Å². The lowest BCUT2D eigenvalue weighted by atomic mass is 9.85. The van der Waals surface area contributed by atoms with E-state index in [-0.39, 0.29) is 29.4 Å². The van der Waals surface area contributed by atoms with Gasteiger partial charge in [-0.3, -0.25) is 4.79 Å². The highest BCUT2D eigenvalue weighted by Crippen LogP contribution is 2.37. The molecule has 160 valence electrons. The standard InChI is InChI=1S/C18H24FN3O5S2/c19-16-15(2-1-8-20-16)29(25,26)22-28(24)10-6-18(7-11-28)12-14(5-9-27-18)21-17(23)13-3-4-13/h1-2,8,13-14H,3-7,9-12H2,(H,21,23). The van der Waals surface area contributed by atoms with Crippen LogP contribution in [-0.4, -0.2) is 53.3 Å². The number of amides is 1. The number of nitrogens with zero attached hydrogens (tertiary/aromatic N) is 2. The lowest BCUT2D eigenvalue weighted by molar-refractivity contribution is -0.127. The fraction of sp³-hybridized carbons (Fsp3) is 0.667. The van der Waals surface area contributed by atoms with E-state index in [1.54, 1.807) is 0 Å². The van der Waals surface area contributed by atoms with Crippen molar-refractivity contribution in [3.8, 4) is 0 Å². The molecular formula is C18H24FN3O5S2. The van der Waals surface area contributed by atoms with Crippen LogP contribution in [0.15, 0.2) is 27.0 Å². The van der Waals surface area contributed by atoms with Gasteiger partial charge in [-0.25, -0.2) is 9.19 Å². The lowest BCUT2D eigenvalue weighted by Gasteiger charge is -2.44. The number of aromatic nitrogens is 1. The molecule has 1 amide bonds. The van der Waals surface area contributed by atoms with Gasteiger partial charge in [0.25, 0.3) is 10.0 Å². The maximum Gasteiger partial charge on any atom is 0.294 e. The molecule has 2 aliphatic heterocycles. The average Bonchev–Trinajstić information content (AvgIpc) is 3.50. The monoisotopic (exact) mass is 445 g/mol. The number of hydrogen-bond donors (Lipinski definition) is 1. The largest absolute Gasteiger partial charge is 0.375 e. The second-order valence-corrected chi connectivity index (χ2v) is 12.4. The third-order valence-electron chi connectivity index (χ3n) is 5.78. The molecule has 1 saturated carbocycles. The summed E-state index contributed by atoms with van der Waals surface area (Å²) in [6.45, 7) is 0.493. The van der Waals surface area contributed by atoms with Gasteiger partial charge in [-0.1, -0.05) is 0 Å². The highest BCUT2D eigenvalue weighted by Gasteiger charge is 2.43. The quantitative estimate of drug-likeness (QED) is 0.704. The molecule has 1 aromatic rings. The van der Waals surface area contributed by atoms with Gasteiger partial charge in [-0.05, 0) is 50.7 Å². The van der Waals surface area contributed by atoms with Crippen LogP contribution in [0.2, 0.25) is 0 Å². The molecule has 0 radical (unpaired) electrons. The summed E-state index contributed by atoms with van der Waals surface area (Å²) in [7, 11) is -7.46. The number of sulfonamides is 1. The third kappa shape index (κ3) is 4.61. The molecule has 3 fully saturated rings. The Morgan fingerprint density at radius 2 is 2.03 bits per heavy atom. The maximum atomic E-state index is 13.8. The summed E-state index contributed by atoms with van der Waals surface area (Å²) in [5, 5.41) is 3.08. The minimum absolute atomic E-state index is 0.0103. The number of halogens is 1. The van der Waals surface area contributed by atoms with Crippen molar-refractivity contribution < 1.29 is 26.5 Å². The number of ether oxygens (including phenoxy) is 1. The summed E-state index contributed by atoms with van der Waals surface area (Å²) in [5.74, 6) is -0.826. The second-order valence-electron chi connectivity index (χ2n) is 8.03. The van der Waals surface area contributed by atoms with E-state index >= 15 is 0 Å². The zero-order valence-electron chi connectivity index (χ0n) is 15.9. The molecule has 8 nitrogen and oxygen atoms in total. The summed E-state index contributed by atoms with van der Waals surface area (Å²) < 4.78 is 61.3. The molecule has 1 aliphatic carbocycles. The first-order valence-electron chi connectivity index (χ1n) is 9.74. The van der Waals surface area contributed by atoms with Crippen molar-refractivity contribution in [2.24, 2.45) is 9.69 Å². The van der Waals surface area contributed by atoms with Crippen LogP contribution >= 0.6 is 0 Å². The Hall–Kier alpha value is -1.59. The van der Waals surface area contributed by atoms with Crippen molar-refractivity contribution in [2.75, 3.05) is 18.1 Å². The molecule has 11 heteroatoms. The molecule has 29 heavy (non-hydrogen) atoms. The number of carbonyl (C=O) groups is 1. The molecule has 3 aliphatic rings. The van der Waals surface area contributed by atoms with Crippen LogP contribution < -0.4 is 5.32 Å². The van der Waals surface area contributed by atoms with Crippen molar-refractivity contribution in [3.63, 3.8) is 0 Å². The molecule has 2 saturated heterocycles. The van der Waals surface area contributed by atoms with Gasteiger partial charge in [-0.15, -0.1) is 3.77 Å². The first-order valence-corrected chi connectivity index (χ1v) is 13.0. The maximum absolute atomic E-state index is 13.8. The van der Waals surface area contributed by atoms with Crippen LogP contribution in [-0.2, 0) is 29.3 Å². The number of carbonyl (C=O) groups excluding carboxylic acids is 1. The highest BCUT2D eigenvalue weighted by molar-refractivity contribution is 8.03. The number of nitrogens with one attached hydrogen (secondary N) is 1. The predicted octanol–water partition coefficient (Wildman–Crippen LogP) is 1.62. The molecule has 1 aromatic heterocycles. The van der Waals surface area contributed by atoms with Gasteiger partial charge < -0.3 is 10.1 Å². The molecule has 0 aromatic carbocycles. The third-order valence-corrected chi connectivity index (χ3v) is 10.2. The van der Waals surface area contributed by atoms with E-state index in [0.29, 0.717) is 25.9 Å². The molecule has 0 bridgehead atoms. The molecule has 3 heterocycles. The van der Waals surface area contributed by atoms with E-state index in [9.17, 15) is 21.8 Å². The van der Waals surface area contributed by atoms with E-state index in [0.717, 1.165) is 31.5 Å². The van der Waals surface area contributed by atoms with Crippen LogP contribution in [0.5, 0.6) is 0 Å². The minimum Gasteiger partial charge on any atom is -0.375 e. The Balaban J connectivity index is 1.46. The Morgan fingerprint density at radius 1 is 1.31 bits per heavy atom. The van der Waals surface area contributed by atoms with Gasteiger partial charge in [0, 0.05) is 36.3 Å². The average molecular weight is 446 g/mol. The summed E-state index contributed by atoms with van der Waals surface area (Å²) in [6, 6.07) is 2.36. The second kappa shape index (κ2) is 7.59. The summed E-state index contributed by atoms with van der Waals surface area (Å²) in [4.78, 5) is 14.7. The predicted molar refractivity (Wildman–Crippen MR) is 103 cm³/mol. The molecule has 4 rings (SSSR count). The first-order chi connectivity index (χ1) is 13.7. The fourth-order valence-electron chi connectivity index (χ4n) is 3.94. The van der Waals surface area contributed by atoms with Gasteiger partial charge in [0.1, 0.15) is 4.90 Å². The summed E-state index contributed by atoms with van der Waals surface area (Å²) >= 11 is 0. The summed E-state index contributed by atoms with van der Waals surface area (Å²) in [5.41, 5.74) is -0.528.